The second-order valence-electron chi connectivity index (χ2n) is 13.0. The van der Waals surface area contributed by atoms with E-state index < -0.39 is 5.91 Å². The monoisotopic (exact) mass is 690 g/mol. The standard InChI is InChI=1S/C42H35ClN6O2/c1-4-47-24-30(22-28-14-10-26(2)11-15-28)34-23-36-38(37(35(34)25-47)29-16-12-27(3)13-17-29)41(51)48-39(40(50)44-32-8-6-5-7-9-32)46-49(42(48)45-36)33-20-18-31(43)19-21-33/h5-23H,4,24-25H2,1-3H3,(H,44,50)/b30-22+. The Hall–Kier alpha value is -5.83. The number of aromatic nitrogens is 4. The van der Waals surface area contributed by atoms with E-state index in [2.05, 4.69) is 78.7 Å². The molecule has 1 N–H and O–H groups in total. The van der Waals surface area contributed by atoms with Crippen molar-refractivity contribution in [2.45, 2.75) is 27.3 Å². The minimum atomic E-state index is -0.530. The highest BCUT2D eigenvalue weighted by Gasteiger charge is 2.29. The molecule has 0 bridgehead atoms. The first-order chi connectivity index (χ1) is 24.8. The van der Waals surface area contributed by atoms with Gasteiger partial charge < -0.3 is 5.32 Å². The first-order valence-corrected chi connectivity index (χ1v) is 17.4. The zero-order chi connectivity index (χ0) is 35.2. The fourth-order valence-electron chi connectivity index (χ4n) is 6.81. The van der Waals surface area contributed by atoms with E-state index in [4.69, 9.17) is 21.7 Å². The lowest BCUT2D eigenvalue weighted by Gasteiger charge is -2.32. The number of carbonyl (C=O) groups excluding carboxylic acids is 1. The van der Waals surface area contributed by atoms with Gasteiger partial charge in [0.15, 0.2) is 0 Å². The van der Waals surface area contributed by atoms with Crippen molar-refractivity contribution in [2.75, 3.05) is 18.4 Å². The number of fused-ring (bicyclic) bond motifs is 3. The summed E-state index contributed by atoms with van der Waals surface area (Å²) in [5.74, 6) is -0.388. The Labute approximate surface area is 300 Å². The summed E-state index contributed by atoms with van der Waals surface area (Å²) in [5, 5.41) is 8.63. The number of likely N-dealkylation sites (N-methyl/N-ethyl adjacent to an activating group) is 1. The molecule has 0 atom stereocenters. The number of nitrogens with zero attached hydrogens (tertiary/aromatic N) is 5. The molecule has 0 aliphatic carbocycles. The molecule has 9 heteroatoms. The second kappa shape index (κ2) is 13.1. The van der Waals surface area contributed by atoms with Gasteiger partial charge in [-0.3, -0.25) is 14.5 Å². The Balaban J connectivity index is 1.46. The van der Waals surface area contributed by atoms with Crippen LogP contribution in [0.2, 0.25) is 5.02 Å². The molecule has 3 heterocycles. The van der Waals surface area contributed by atoms with Gasteiger partial charge >= 0.3 is 0 Å². The van der Waals surface area contributed by atoms with Crippen molar-refractivity contribution in [3.63, 3.8) is 0 Å². The van der Waals surface area contributed by atoms with Crippen LogP contribution in [0.1, 0.15) is 45.4 Å². The van der Waals surface area contributed by atoms with Crippen LogP contribution < -0.4 is 10.9 Å². The number of benzene rings is 5. The number of anilines is 1. The van der Waals surface area contributed by atoms with E-state index in [-0.39, 0.29) is 17.2 Å². The fraction of sp³-hybridized carbons (Fsp3) is 0.143. The fourth-order valence-corrected chi connectivity index (χ4v) is 6.93. The van der Waals surface area contributed by atoms with E-state index in [0.29, 0.717) is 33.8 Å². The first kappa shape index (κ1) is 32.4. The van der Waals surface area contributed by atoms with Crippen molar-refractivity contribution in [1.82, 2.24) is 24.1 Å². The van der Waals surface area contributed by atoms with Crippen LogP contribution in [0.4, 0.5) is 5.69 Å². The van der Waals surface area contributed by atoms with Crippen LogP contribution in [0.3, 0.4) is 0 Å². The molecule has 252 valence electrons. The van der Waals surface area contributed by atoms with Gasteiger partial charge in [0.2, 0.25) is 11.6 Å². The molecule has 0 saturated carbocycles. The Morgan fingerprint density at radius 3 is 2.25 bits per heavy atom. The van der Waals surface area contributed by atoms with Crippen molar-refractivity contribution in [2.24, 2.45) is 0 Å². The zero-order valence-electron chi connectivity index (χ0n) is 28.5. The lowest BCUT2D eigenvalue weighted by molar-refractivity contribution is 0.101. The van der Waals surface area contributed by atoms with Gasteiger partial charge in [-0.25, -0.2) is 9.38 Å². The van der Waals surface area contributed by atoms with Crippen LogP contribution in [0.15, 0.2) is 114 Å². The highest BCUT2D eigenvalue weighted by Crippen LogP contribution is 2.40. The molecule has 0 saturated heterocycles. The number of para-hydroxylation sites is 1. The SMILES string of the molecule is CCN1C/C(=C\c2ccc(C)cc2)c2cc3nc4n(-c5ccc(Cl)cc5)nc(C(=O)Nc5ccccc5)n4c(=O)c3c(-c3ccc(C)cc3)c2C1. The van der Waals surface area contributed by atoms with Gasteiger partial charge in [-0.05, 0) is 96.8 Å². The molecule has 1 amide bonds. The Bertz CT molecular complexity index is 2540. The number of rotatable bonds is 6. The van der Waals surface area contributed by atoms with Crippen molar-refractivity contribution >= 4 is 51.5 Å². The maximum atomic E-state index is 15.1. The van der Waals surface area contributed by atoms with Crippen LogP contribution in [-0.4, -0.2) is 43.1 Å². The third-order valence-electron chi connectivity index (χ3n) is 9.48. The molecule has 1 aliphatic heterocycles. The maximum absolute atomic E-state index is 15.1. The average Bonchev–Trinajstić information content (AvgIpc) is 3.53. The molecule has 51 heavy (non-hydrogen) atoms. The van der Waals surface area contributed by atoms with E-state index in [1.165, 1.54) is 14.6 Å². The largest absolute Gasteiger partial charge is 0.319 e. The van der Waals surface area contributed by atoms with Gasteiger partial charge in [0.05, 0.1) is 16.6 Å². The van der Waals surface area contributed by atoms with Crippen molar-refractivity contribution in [1.29, 1.82) is 0 Å². The summed E-state index contributed by atoms with van der Waals surface area (Å²) in [6, 6.07) is 35.0. The molecule has 7 aromatic rings. The lowest BCUT2D eigenvalue weighted by Crippen LogP contribution is -2.31. The number of amides is 1. The Kier molecular flexibility index (Phi) is 8.34. The van der Waals surface area contributed by atoms with E-state index in [1.54, 1.807) is 36.4 Å². The van der Waals surface area contributed by atoms with Crippen LogP contribution in [0.25, 0.3) is 45.1 Å². The molecule has 0 fully saturated rings. The van der Waals surface area contributed by atoms with E-state index >= 15 is 4.79 Å². The van der Waals surface area contributed by atoms with Gasteiger partial charge in [-0.15, -0.1) is 5.10 Å². The maximum Gasteiger partial charge on any atom is 0.294 e. The number of carbonyl (C=O) groups is 1. The molecule has 2 aromatic heterocycles. The smallest absolute Gasteiger partial charge is 0.294 e. The van der Waals surface area contributed by atoms with E-state index in [1.807, 2.05) is 31.2 Å². The van der Waals surface area contributed by atoms with E-state index in [0.717, 1.165) is 52.0 Å². The molecule has 0 radical (unpaired) electrons. The zero-order valence-corrected chi connectivity index (χ0v) is 29.3. The quantitative estimate of drug-likeness (QED) is 0.189. The molecule has 1 aliphatic rings. The van der Waals surface area contributed by atoms with Gasteiger partial charge in [-0.1, -0.05) is 96.4 Å². The van der Waals surface area contributed by atoms with Gasteiger partial charge in [0.1, 0.15) is 0 Å². The predicted molar refractivity (Wildman–Crippen MR) is 206 cm³/mol. The van der Waals surface area contributed by atoms with Gasteiger partial charge in [-0.2, -0.15) is 4.68 Å². The number of hydrogen-bond acceptors (Lipinski definition) is 5. The van der Waals surface area contributed by atoms with Crippen LogP contribution in [0.5, 0.6) is 0 Å². The summed E-state index contributed by atoms with van der Waals surface area (Å²) < 4.78 is 2.87. The summed E-state index contributed by atoms with van der Waals surface area (Å²) in [6.07, 6.45) is 2.24. The normalized spacial score (nSPS) is 13.9. The van der Waals surface area contributed by atoms with Crippen LogP contribution in [-0.2, 0) is 6.54 Å². The summed E-state index contributed by atoms with van der Waals surface area (Å²) in [5.41, 5.74) is 9.75. The molecule has 0 spiro atoms. The van der Waals surface area contributed by atoms with Gasteiger partial charge in [0, 0.05) is 29.4 Å². The van der Waals surface area contributed by atoms with Crippen molar-refractivity contribution < 1.29 is 4.79 Å². The average molecular weight is 691 g/mol. The highest BCUT2D eigenvalue weighted by molar-refractivity contribution is 6.30. The predicted octanol–water partition coefficient (Wildman–Crippen LogP) is 8.60. The number of halogens is 1. The lowest BCUT2D eigenvalue weighted by atomic mass is 9.85. The molecular weight excluding hydrogens is 656 g/mol. The number of hydrogen-bond donors (Lipinski definition) is 1. The summed E-state index contributed by atoms with van der Waals surface area (Å²) >= 11 is 6.25. The Morgan fingerprint density at radius 2 is 1.57 bits per heavy atom. The van der Waals surface area contributed by atoms with Crippen LogP contribution >= 0.6 is 11.6 Å². The Morgan fingerprint density at radius 1 is 0.882 bits per heavy atom. The summed E-state index contributed by atoms with van der Waals surface area (Å²) in [7, 11) is 0. The summed E-state index contributed by atoms with van der Waals surface area (Å²) in [6.45, 7) is 8.54. The topological polar surface area (TPSA) is 84.5 Å². The summed E-state index contributed by atoms with van der Waals surface area (Å²) in [4.78, 5) is 36.6. The molecule has 0 unspecified atom stereocenters. The van der Waals surface area contributed by atoms with Crippen molar-refractivity contribution in [3.05, 3.63) is 158 Å². The molecule has 8 nitrogen and oxygen atoms in total. The van der Waals surface area contributed by atoms with Crippen molar-refractivity contribution in [3.8, 4) is 16.8 Å². The molecule has 8 rings (SSSR count). The third-order valence-corrected chi connectivity index (χ3v) is 9.73. The molecule has 5 aromatic carbocycles. The minimum absolute atomic E-state index is 0.0779. The highest BCUT2D eigenvalue weighted by atomic mass is 35.5. The van der Waals surface area contributed by atoms with Crippen LogP contribution in [0, 0.1) is 13.8 Å². The molecular formula is C42H35ClN6O2. The number of nitrogens with one attached hydrogen (secondary N) is 1. The van der Waals surface area contributed by atoms with Gasteiger partial charge in [0.25, 0.3) is 11.5 Å². The second-order valence-corrected chi connectivity index (χ2v) is 13.4. The van der Waals surface area contributed by atoms with E-state index in [9.17, 15) is 4.79 Å². The third kappa shape index (κ3) is 6.03. The minimum Gasteiger partial charge on any atom is -0.319 e. The first-order valence-electron chi connectivity index (χ1n) is 17.0. The number of aryl methyl sites for hydroxylation is 2.